The monoisotopic (exact) mass is 285 g/mol. The highest BCUT2D eigenvalue weighted by atomic mass is 16.5. The molecule has 0 aliphatic heterocycles. The molecular weight excluding hydrogens is 270 g/mol. The van der Waals surface area contributed by atoms with Crippen molar-refractivity contribution >= 4 is 11.1 Å². The number of aliphatic hydroxyl groups excluding tert-OH is 1. The Morgan fingerprint density at radius 2 is 2.00 bits per heavy atom. The van der Waals surface area contributed by atoms with E-state index in [1.807, 2.05) is 24.3 Å². The molecule has 1 atom stereocenters. The van der Waals surface area contributed by atoms with Crippen LogP contribution in [0.25, 0.3) is 11.1 Å². The van der Waals surface area contributed by atoms with E-state index in [0.717, 1.165) is 11.3 Å². The Hall–Kier alpha value is -2.53. The Labute approximate surface area is 120 Å². The molecule has 0 spiro atoms. The van der Waals surface area contributed by atoms with E-state index in [4.69, 9.17) is 9.15 Å². The van der Waals surface area contributed by atoms with Gasteiger partial charge in [0.1, 0.15) is 5.75 Å². The summed E-state index contributed by atoms with van der Waals surface area (Å²) in [6.45, 7) is 0. The van der Waals surface area contributed by atoms with Gasteiger partial charge in [0, 0.05) is 6.42 Å². The number of hydrogen-bond acceptors (Lipinski definition) is 4. The van der Waals surface area contributed by atoms with Gasteiger partial charge < -0.3 is 14.3 Å². The lowest BCUT2D eigenvalue weighted by Crippen LogP contribution is -2.01. The number of fused-ring (bicyclic) bond motifs is 1. The van der Waals surface area contributed by atoms with Crippen LogP contribution < -0.4 is 10.5 Å². The van der Waals surface area contributed by atoms with E-state index in [-0.39, 0.29) is 0 Å². The number of aliphatic hydroxyl groups is 1. The standard InChI is InChI=1S/C16H15NO4/c1-20-12-5-2-10(3-6-12)8-14(18)11-4-7-13-15(9-11)21-16(19)17-13/h2-7,9,14,18H,8H2,1H3,(H,17,19). The maximum Gasteiger partial charge on any atom is 0.417 e. The van der Waals surface area contributed by atoms with Gasteiger partial charge >= 0.3 is 5.76 Å². The topological polar surface area (TPSA) is 75.5 Å². The van der Waals surface area contributed by atoms with Crippen LogP contribution in [0.2, 0.25) is 0 Å². The molecule has 3 aromatic rings. The van der Waals surface area contributed by atoms with Crippen molar-refractivity contribution in [3.8, 4) is 5.75 Å². The third-order valence-electron chi connectivity index (χ3n) is 3.42. The molecule has 0 radical (unpaired) electrons. The summed E-state index contributed by atoms with van der Waals surface area (Å²) in [6, 6.07) is 12.7. The highest BCUT2D eigenvalue weighted by molar-refractivity contribution is 5.72. The summed E-state index contributed by atoms with van der Waals surface area (Å²) in [5.41, 5.74) is 2.78. The van der Waals surface area contributed by atoms with Crippen LogP contribution in [0.1, 0.15) is 17.2 Å². The van der Waals surface area contributed by atoms with Crippen molar-refractivity contribution in [3.05, 3.63) is 64.1 Å². The van der Waals surface area contributed by atoms with Gasteiger partial charge in [0.2, 0.25) is 0 Å². The van der Waals surface area contributed by atoms with Gasteiger partial charge in [-0.3, -0.25) is 4.98 Å². The van der Waals surface area contributed by atoms with E-state index in [0.29, 0.717) is 23.1 Å². The van der Waals surface area contributed by atoms with Crippen LogP contribution in [0.15, 0.2) is 51.7 Å². The SMILES string of the molecule is COc1ccc(CC(O)c2ccc3[nH]c(=O)oc3c2)cc1. The van der Waals surface area contributed by atoms with Crippen molar-refractivity contribution < 1.29 is 14.3 Å². The molecule has 21 heavy (non-hydrogen) atoms. The zero-order valence-corrected chi connectivity index (χ0v) is 11.5. The third kappa shape index (κ3) is 2.83. The number of aromatic amines is 1. The first kappa shape index (κ1) is 13.5. The molecule has 0 amide bonds. The molecule has 0 fully saturated rings. The lowest BCUT2D eigenvalue weighted by Gasteiger charge is -2.11. The molecule has 2 aromatic carbocycles. The predicted molar refractivity (Wildman–Crippen MR) is 78.5 cm³/mol. The van der Waals surface area contributed by atoms with Gasteiger partial charge in [-0.2, -0.15) is 0 Å². The lowest BCUT2D eigenvalue weighted by molar-refractivity contribution is 0.178. The van der Waals surface area contributed by atoms with Crippen LogP contribution in [0.3, 0.4) is 0 Å². The second kappa shape index (κ2) is 5.46. The first-order valence-corrected chi connectivity index (χ1v) is 6.59. The van der Waals surface area contributed by atoms with Crippen molar-refractivity contribution in [2.45, 2.75) is 12.5 Å². The Morgan fingerprint density at radius 1 is 1.24 bits per heavy atom. The fourth-order valence-electron chi connectivity index (χ4n) is 2.27. The number of hydrogen-bond donors (Lipinski definition) is 2. The summed E-state index contributed by atoms with van der Waals surface area (Å²) in [4.78, 5) is 13.7. The molecule has 0 saturated carbocycles. The second-order valence-corrected chi connectivity index (χ2v) is 4.84. The molecule has 5 heteroatoms. The van der Waals surface area contributed by atoms with Gasteiger partial charge in [0.25, 0.3) is 0 Å². The minimum Gasteiger partial charge on any atom is -0.497 e. The number of aromatic nitrogens is 1. The highest BCUT2D eigenvalue weighted by Crippen LogP contribution is 2.22. The summed E-state index contributed by atoms with van der Waals surface area (Å²) >= 11 is 0. The van der Waals surface area contributed by atoms with Gasteiger partial charge in [-0.25, -0.2) is 4.79 Å². The Bertz CT molecular complexity index is 801. The summed E-state index contributed by atoms with van der Waals surface area (Å²) in [6.07, 6.45) is -0.188. The summed E-state index contributed by atoms with van der Waals surface area (Å²) < 4.78 is 10.1. The quantitative estimate of drug-likeness (QED) is 0.772. The van der Waals surface area contributed by atoms with E-state index in [2.05, 4.69) is 4.98 Å². The normalized spacial score (nSPS) is 12.5. The van der Waals surface area contributed by atoms with Gasteiger partial charge in [-0.05, 0) is 35.4 Å². The first-order chi connectivity index (χ1) is 10.2. The Kier molecular flexibility index (Phi) is 3.50. The fourth-order valence-corrected chi connectivity index (χ4v) is 2.27. The average molecular weight is 285 g/mol. The molecule has 2 N–H and O–H groups in total. The number of rotatable bonds is 4. The van der Waals surface area contributed by atoms with Crippen molar-refractivity contribution in [2.24, 2.45) is 0 Å². The van der Waals surface area contributed by atoms with Gasteiger partial charge in [0.05, 0.1) is 18.7 Å². The molecule has 1 heterocycles. The Morgan fingerprint density at radius 3 is 2.71 bits per heavy atom. The van der Waals surface area contributed by atoms with Crippen molar-refractivity contribution in [1.29, 1.82) is 0 Å². The number of methoxy groups -OCH3 is 1. The number of ether oxygens (including phenoxy) is 1. The summed E-state index contributed by atoms with van der Waals surface area (Å²) in [5.74, 6) is 0.288. The van der Waals surface area contributed by atoms with Crippen LogP contribution in [0.4, 0.5) is 0 Å². The maximum absolute atomic E-state index is 11.1. The molecule has 0 aliphatic rings. The zero-order chi connectivity index (χ0) is 14.8. The van der Waals surface area contributed by atoms with Gasteiger partial charge in [-0.15, -0.1) is 0 Å². The average Bonchev–Trinajstić information content (AvgIpc) is 2.87. The molecule has 1 unspecified atom stereocenters. The molecule has 0 aliphatic carbocycles. The molecular formula is C16H15NO4. The van der Waals surface area contributed by atoms with Crippen LogP contribution >= 0.6 is 0 Å². The third-order valence-corrected chi connectivity index (χ3v) is 3.42. The zero-order valence-electron chi connectivity index (χ0n) is 11.5. The Balaban J connectivity index is 1.81. The largest absolute Gasteiger partial charge is 0.497 e. The van der Waals surface area contributed by atoms with Crippen LogP contribution in [-0.2, 0) is 6.42 Å². The first-order valence-electron chi connectivity index (χ1n) is 6.59. The van der Waals surface area contributed by atoms with Crippen molar-refractivity contribution in [1.82, 2.24) is 4.98 Å². The summed E-state index contributed by atoms with van der Waals surface area (Å²) in [7, 11) is 1.61. The highest BCUT2D eigenvalue weighted by Gasteiger charge is 2.11. The van der Waals surface area contributed by atoms with Crippen LogP contribution in [-0.4, -0.2) is 17.2 Å². The van der Waals surface area contributed by atoms with E-state index in [9.17, 15) is 9.90 Å². The number of benzene rings is 2. The van der Waals surface area contributed by atoms with E-state index in [1.165, 1.54) is 0 Å². The predicted octanol–water partition coefficient (Wildman–Crippen LogP) is 2.41. The molecule has 3 rings (SSSR count). The molecule has 5 nitrogen and oxygen atoms in total. The van der Waals surface area contributed by atoms with Gasteiger partial charge in [0.15, 0.2) is 5.58 Å². The molecule has 108 valence electrons. The number of oxazole rings is 1. The van der Waals surface area contributed by atoms with Crippen LogP contribution in [0.5, 0.6) is 5.75 Å². The number of H-pyrrole nitrogens is 1. The molecule has 0 bridgehead atoms. The number of nitrogens with one attached hydrogen (secondary N) is 1. The summed E-state index contributed by atoms with van der Waals surface area (Å²) in [5, 5.41) is 10.3. The fraction of sp³-hybridized carbons (Fsp3) is 0.188. The van der Waals surface area contributed by atoms with E-state index >= 15 is 0 Å². The molecule has 0 saturated heterocycles. The maximum atomic E-state index is 11.1. The van der Waals surface area contributed by atoms with E-state index in [1.54, 1.807) is 25.3 Å². The van der Waals surface area contributed by atoms with Gasteiger partial charge in [-0.1, -0.05) is 18.2 Å². The minimum atomic E-state index is -0.664. The van der Waals surface area contributed by atoms with Crippen molar-refractivity contribution in [3.63, 3.8) is 0 Å². The van der Waals surface area contributed by atoms with E-state index < -0.39 is 11.9 Å². The second-order valence-electron chi connectivity index (χ2n) is 4.84. The lowest BCUT2D eigenvalue weighted by atomic mass is 10.0. The smallest absolute Gasteiger partial charge is 0.417 e. The van der Waals surface area contributed by atoms with Crippen molar-refractivity contribution in [2.75, 3.05) is 7.11 Å². The molecule has 1 aromatic heterocycles. The minimum absolute atomic E-state index is 0.450. The van der Waals surface area contributed by atoms with Crippen LogP contribution in [0, 0.1) is 0 Å².